The van der Waals surface area contributed by atoms with Crippen molar-refractivity contribution >= 4 is 189 Å². The van der Waals surface area contributed by atoms with Crippen molar-refractivity contribution in [1.82, 2.24) is 0 Å². The van der Waals surface area contributed by atoms with E-state index in [0.717, 1.165) is 163 Å². The standard InChI is InChI=1S/C11H13Br2NO.2C11H14BrNO2.3C11H14BrNO.2C11H14BrN/c1-7(14)3-2-4-8-5-9(12)6-10(13)11(8)15;1-7(13)2-5-10(14)8-3-4-9(12)11(15)6-8;1-7(13)3-2-4-8-5-9(12)6-10(14)11(8)15;1-8(13)2-7-11(14)9-3-5-10(12)6-4-9;1-8(13)3-2-4-9-5-10(12)7-11(14)6-9;1-8(13)3-2-4-9-7-10(14)5-6-11(9)12;1-9(13)4-2-5-10-6-3-7-11(12)8-10;1-9(13)5-4-7-10-6-2-3-8-11(10)12/h5-6,14-15H,2-4H2,1H3;3-4,6,10,13-15H,2,5H2,1H3;5-6,13-15H,2-4H2,1H3;3-6,11,13-14H,2,7H2,1H3;2*5-7,13-14H,2-4H2,1H3;3,6-8,13H,2,4-5H2,1H3;2-3,6,8,13H,4-5,7H2,1H3/t;10-;;11-;;;;/m.0.0..../s1/i12-4,13-4;7*12-4. The summed E-state index contributed by atoms with van der Waals surface area (Å²) in [6, 6.07) is 46.9. The highest BCUT2D eigenvalue weighted by Gasteiger charge is 2.13. The average Bonchev–Trinajstić information content (AvgIpc) is 0.861. The first-order chi connectivity index (χ1) is 53.1. The first-order valence-electron chi connectivity index (χ1n) is 36.9. The van der Waals surface area contributed by atoms with Crippen LogP contribution in [0.5, 0.6) is 34.5 Å². The maximum absolute atomic E-state index is 9.77. The first-order valence-corrected chi connectivity index (χ1v) is 44.0. The number of halogens is 9. The van der Waals surface area contributed by atoms with E-state index in [9.17, 15) is 40.9 Å². The molecule has 614 valence electrons. The second-order valence-corrected chi connectivity index (χ2v) is 35.4. The van der Waals surface area contributed by atoms with Crippen LogP contribution < -0.4 is 0 Å². The van der Waals surface area contributed by atoms with E-state index in [1.54, 1.807) is 70.2 Å². The minimum absolute atomic E-state index is 0.0548. The monoisotopic (exact) mass is 2090 g/mol. The maximum atomic E-state index is 9.77. The minimum Gasteiger partial charge on any atom is -0.508 e. The number of hydrogen-bond donors (Lipinski definition) is 16. The van der Waals surface area contributed by atoms with Crippen molar-refractivity contribution in [2.45, 2.75) is 209 Å². The summed E-state index contributed by atoms with van der Waals surface area (Å²) in [6.45, 7) is 14.4. The number of hydrogen-bond acceptors (Lipinski definition) is 16. The van der Waals surface area contributed by atoms with Crippen LogP contribution in [0.4, 0.5) is 0 Å². The van der Waals surface area contributed by atoms with Crippen molar-refractivity contribution in [2.75, 3.05) is 0 Å². The molecule has 0 amide bonds. The zero-order valence-corrected chi connectivity index (χ0v) is 79.9. The highest BCUT2D eigenvalue weighted by atomic mass is 75.9. The Morgan fingerprint density at radius 1 is 0.274 bits per heavy atom. The van der Waals surface area contributed by atoms with Gasteiger partial charge in [0.2, 0.25) is 0 Å². The van der Waals surface area contributed by atoms with Gasteiger partial charge in [0.25, 0.3) is 0 Å². The second kappa shape index (κ2) is 59.8. The number of phenolic OH excluding ortho intramolecular Hbond substituents is 6. The number of benzene rings is 8. The van der Waals surface area contributed by atoms with Crippen molar-refractivity contribution < 1.29 is 40.9 Å². The lowest BCUT2D eigenvalue weighted by atomic mass is 10.0. The summed E-state index contributed by atoms with van der Waals surface area (Å²) in [4.78, 5) is 0. The molecule has 0 fully saturated rings. The molecule has 25 heteroatoms. The summed E-state index contributed by atoms with van der Waals surface area (Å²) in [6.07, 6.45) is 17.4. The Kier molecular flexibility index (Phi) is 55.6. The Bertz CT molecular complexity index is 4220. The molecule has 0 unspecified atom stereocenters. The number of phenols is 6. The molecule has 2 atom stereocenters. The molecule has 0 radical (unpaired) electrons. The van der Waals surface area contributed by atoms with E-state index in [1.807, 2.05) is 88.4 Å². The van der Waals surface area contributed by atoms with Crippen LogP contribution in [0.25, 0.3) is 0 Å². The van der Waals surface area contributed by atoms with E-state index >= 15 is 0 Å². The van der Waals surface area contributed by atoms with Crippen molar-refractivity contribution in [3.63, 3.8) is 0 Å². The smallest absolute Gasteiger partial charge is 0.160 e. The third-order valence-electron chi connectivity index (χ3n) is 16.3. The van der Waals surface area contributed by atoms with Gasteiger partial charge in [-0.3, -0.25) is 0 Å². The lowest BCUT2D eigenvalue weighted by molar-refractivity contribution is 0.169. The van der Waals surface area contributed by atoms with Gasteiger partial charge >= 0.3 is 0 Å². The Hall–Kier alpha value is -5.84. The topological polar surface area (TPSA) is 353 Å². The van der Waals surface area contributed by atoms with Crippen LogP contribution in [0.3, 0.4) is 0 Å². The molecule has 0 aromatic heterocycles. The van der Waals surface area contributed by atoms with E-state index < -0.39 is 12.2 Å². The lowest BCUT2D eigenvalue weighted by Crippen LogP contribution is -2.00. The molecule has 8 rings (SSSR count). The Morgan fingerprint density at radius 2 is 0.673 bits per heavy atom. The van der Waals surface area contributed by atoms with Crippen molar-refractivity contribution in [3.8, 4) is 34.5 Å². The van der Waals surface area contributed by atoms with Gasteiger partial charge in [0.1, 0.15) is 23.0 Å². The number of aromatic hydroxyl groups is 6. The summed E-state index contributed by atoms with van der Waals surface area (Å²) < 4.78 is 8.27. The predicted molar refractivity (Wildman–Crippen MR) is 504 cm³/mol. The molecule has 0 bridgehead atoms. The van der Waals surface area contributed by atoms with Gasteiger partial charge in [0.15, 0.2) is 11.5 Å². The number of aryl methyl sites for hydroxylation is 6. The molecule has 0 aliphatic heterocycles. The summed E-state index contributed by atoms with van der Waals surface area (Å²) in [5.41, 5.74) is 13.6. The normalized spacial score (nSPS) is 10.8. The number of aliphatic hydroxyl groups is 2. The van der Waals surface area contributed by atoms with Crippen molar-refractivity contribution in [1.29, 1.82) is 43.3 Å². The molecule has 0 aliphatic rings. The van der Waals surface area contributed by atoms with Gasteiger partial charge in [-0.1, -0.05) is 160 Å². The van der Waals surface area contributed by atoms with Crippen LogP contribution in [0.15, 0.2) is 192 Å². The summed E-state index contributed by atoms with van der Waals surface area (Å²) in [7, 11) is 0. The van der Waals surface area contributed by atoms with Crippen LogP contribution in [0.2, 0.25) is 0 Å². The highest BCUT2D eigenvalue weighted by molar-refractivity contribution is 9.12. The van der Waals surface area contributed by atoms with E-state index in [-0.39, 0.29) is 17.2 Å². The maximum Gasteiger partial charge on any atom is 0.160 e. The largest absolute Gasteiger partial charge is 0.508 e. The molecule has 113 heavy (non-hydrogen) atoms. The molecule has 0 aliphatic carbocycles. The zero-order valence-electron chi connectivity index (χ0n) is 65.6. The van der Waals surface area contributed by atoms with Gasteiger partial charge in [0, 0.05) is 77.0 Å². The molecule has 0 spiro atoms. The van der Waals surface area contributed by atoms with Gasteiger partial charge < -0.3 is 84.1 Å². The first kappa shape index (κ1) is 105. The fourth-order valence-corrected chi connectivity index (χ4v) is 14.5. The van der Waals surface area contributed by atoms with E-state index in [0.29, 0.717) is 110 Å². The molecular weight excluding hydrogens is 1980 g/mol. The average molecular weight is 2090 g/mol. The molecule has 0 heterocycles. The fourth-order valence-electron chi connectivity index (χ4n) is 10.3. The van der Waals surface area contributed by atoms with Crippen LogP contribution in [0.1, 0.15) is 215 Å². The van der Waals surface area contributed by atoms with Crippen LogP contribution in [-0.4, -0.2) is 86.5 Å². The minimum atomic E-state index is -0.621. The molecule has 0 saturated heterocycles. The van der Waals surface area contributed by atoms with Gasteiger partial charge in [-0.15, -0.1) is 0 Å². The number of rotatable bonds is 32. The SMILES string of the molecule is CC(=N)CCCc1cc(O)cc([76Br])c1.CC(=N)CCCc1cc(O)ccc1[76Br].CC(=N)CCCc1cc([76Br])cc(O)c1O.CC(=N)CCCc1cc([76Br])cc([76Br])c1O.CC(=N)CCCc1cccc([76Br])c1.CC(=N)CCCc1ccccc1[76Br].CC(=N)CC[C@H](O)c1ccc([76Br])c(O)c1.CC(=N)CC[C@H](O)c1ccc([76Br])cc1. The van der Waals surface area contributed by atoms with Gasteiger partial charge in [-0.25, -0.2) is 0 Å². The molecule has 16 nitrogen and oxygen atoms in total. The predicted octanol–water partition coefficient (Wildman–Crippen LogP) is 28.5. The van der Waals surface area contributed by atoms with Gasteiger partial charge in [0.05, 0.1) is 21.2 Å². The fraction of sp³-hybridized carbons (Fsp3) is 0.364. The van der Waals surface area contributed by atoms with E-state index in [4.69, 9.17) is 43.3 Å². The van der Waals surface area contributed by atoms with E-state index in [2.05, 4.69) is 180 Å². The summed E-state index contributed by atoms with van der Waals surface area (Å²) in [5.74, 6) is 0.862. The molecule has 16 N–H and O–H groups in total. The Morgan fingerprint density at radius 3 is 1.14 bits per heavy atom. The number of nitrogens with one attached hydrogen (secondary N) is 8. The highest BCUT2D eigenvalue weighted by Crippen LogP contribution is 2.35. The Labute approximate surface area is 745 Å². The lowest BCUT2D eigenvalue weighted by Gasteiger charge is -2.11. The molecule has 0 saturated carbocycles. The third kappa shape index (κ3) is 51.8. The van der Waals surface area contributed by atoms with Crippen molar-refractivity contribution in [3.05, 3.63) is 236 Å². The zero-order chi connectivity index (χ0) is 85.3. The van der Waals surface area contributed by atoms with Gasteiger partial charge in [-0.2, -0.15) is 0 Å². The van der Waals surface area contributed by atoms with Gasteiger partial charge in [-0.05, 0) is 376 Å². The Balaban J connectivity index is 0.000000646. The number of aliphatic hydroxyl groups excluding tert-OH is 2. The molecular formula is C88H111Br9N8O8. The third-order valence-corrected chi connectivity index (χ3v) is 21.5. The molecule has 8 aromatic rings. The molecule has 8 aromatic carbocycles. The van der Waals surface area contributed by atoms with Crippen LogP contribution in [0, 0.1) is 43.3 Å². The second-order valence-electron chi connectivity index (χ2n) is 27.4. The van der Waals surface area contributed by atoms with Crippen LogP contribution >= 0.6 is 143 Å². The summed E-state index contributed by atoms with van der Waals surface area (Å²) in [5, 5.41) is 135. The van der Waals surface area contributed by atoms with E-state index in [1.165, 1.54) is 27.7 Å². The van der Waals surface area contributed by atoms with Crippen molar-refractivity contribution in [2.24, 2.45) is 0 Å². The van der Waals surface area contributed by atoms with Crippen LogP contribution in [-0.2, 0) is 38.5 Å². The summed E-state index contributed by atoms with van der Waals surface area (Å²) >= 11 is 30.2. The quantitative estimate of drug-likeness (QED) is 0.0142.